The monoisotopic (exact) mass is 274 g/mol. The first-order valence-electron chi connectivity index (χ1n) is 7.85. The maximum Gasteiger partial charge on any atom is 0.254 e. The predicted octanol–water partition coefficient (Wildman–Crippen LogP) is 3.70. The Morgan fingerprint density at radius 2 is 2.20 bits per heavy atom. The molecule has 0 saturated carbocycles. The molecule has 1 amide bonds. The summed E-state index contributed by atoms with van der Waals surface area (Å²) >= 11 is 0. The summed E-state index contributed by atoms with van der Waals surface area (Å²) in [4.78, 5) is 14.8. The van der Waals surface area contributed by atoms with E-state index in [-0.39, 0.29) is 5.91 Å². The molecule has 0 radical (unpaired) electrons. The van der Waals surface area contributed by atoms with E-state index in [1.165, 1.54) is 11.3 Å². The molecular weight excluding hydrogens is 248 g/mol. The molecule has 0 spiro atoms. The second-order valence-corrected chi connectivity index (χ2v) is 5.66. The van der Waals surface area contributed by atoms with Crippen LogP contribution in [0.3, 0.4) is 0 Å². The molecule has 3 nitrogen and oxygen atoms in total. The van der Waals surface area contributed by atoms with Crippen molar-refractivity contribution in [2.45, 2.75) is 52.5 Å². The average molecular weight is 274 g/mol. The number of hydrogen-bond acceptors (Lipinski definition) is 2. The highest BCUT2D eigenvalue weighted by Crippen LogP contribution is 2.24. The number of unbranched alkanes of at least 4 members (excludes halogenated alkanes) is 1. The normalized spacial score (nSPS) is 14.6. The third-order valence-corrected chi connectivity index (χ3v) is 4.20. The average Bonchev–Trinajstić information content (AvgIpc) is 2.94. The van der Waals surface area contributed by atoms with Crippen LogP contribution in [-0.2, 0) is 6.42 Å². The van der Waals surface area contributed by atoms with Crippen LogP contribution in [0.1, 0.15) is 56.0 Å². The Balaban J connectivity index is 2.18. The van der Waals surface area contributed by atoms with E-state index in [0.717, 1.165) is 44.3 Å². The molecule has 0 fully saturated rings. The maximum absolute atomic E-state index is 12.8. The SMILES string of the molecule is CCCCN(C(=O)c1ccc2c(c1)CCN2)C(C)CC. The molecule has 1 atom stereocenters. The van der Waals surface area contributed by atoms with Crippen LogP contribution in [0.25, 0.3) is 0 Å². The van der Waals surface area contributed by atoms with Crippen LogP contribution in [0, 0.1) is 0 Å². The summed E-state index contributed by atoms with van der Waals surface area (Å²) < 4.78 is 0. The largest absolute Gasteiger partial charge is 0.384 e. The highest BCUT2D eigenvalue weighted by Gasteiger charge is 2.21. The highest BCUT2D eigenvalue weighted by atomic mass is 16.2. The molecule has 0 saturated heterocycles. The summed E-state index contributed by atoms with van der Waals surface area (Å²) in [6.45, 7) is 8.30. The first-order valence-corrected chi connectivity index (χ1v) is 7.85. The van der Waals surface area contributed by atoms with Crippen molar-refractivity contribution in [3.63, 3.8) is 0 Å². The first kappa shape index (κ1) is 14.9. The summed E-state index contributed by atoms with van der Waals surface area (Å²) in [6.07, 6.45) is 4.22. The summed E-state index contributed by atoms with van der Waals surface area (Å²) in [7, 11) is 0. The molecule has 1 heterocycles. The second-order valence-electron chi connectivity index (χ2n) is 5.66. The van der Waals surface area contributed by atoms with Gasteiger partial charge in [0.2, 0.25) is 0 Å². The maximum atomic E-state index is 12.8. The van der Waals surface area contributed by atoms with Crippen molar-refractivity contribution in [1.29, 1.82) is 0 Å². The molecule has 1 aliphatic heterocycles. The standard InChI is InChI=1S/C17H26N2O/c1-4-6-11-19(13(3)5-2)17(20)15-7-8-16-14(12-15)9-10-18-16/h7-8,12-13,18H,4-6,9-11H2,1-3H3. The van der Waals surface area contributed by atoms with Gasteiger partial charge in [0.1, 0.15) is 0 Å². The van der Waals surface area contributed by atoms with Crippen molar-refractivity contribution < 1.29 is 4.79 Å². The lowest BCUT2D eigenvalue weighted by atomic mass is 10.1. The van der Waals surface area contributed by atoms with Gasteiger partial charge in [-0.3, -0.25) is 4.79 Å². The fourth-order valence-electron chi connectivity index (χ4n) is 2.67. The molecule has 20 heavy (non-hydrogen) atoms. The van der Waals surface area contributed by atoms with E-state index >= 15 is 0 Å². The highest BCUT2D eigenvalue weighted by molar-refractivity contribution is 5.95. The third kappa shape index (κ3) is 3.14. The van der Waals surface area contributed by atoms with Crippen molar-refractivity contribution in [2.75, 3.05) is 18.4 Å². The van der Waals surface area contributed by atoms with Crippen molar-refractivity contribution in [2.24, 2.45) is 0 Å². The van der Waals surface area contributed by atoms with Gasteiger partial charge in [-0.2, -0.15) is 0 Å². The topological polar surface area (TPSA) is 32.3 Å². The molecule has 0 aromatic heterocycles. The zero-order valence-electron chi connectivity index (χ0n) is 12.9. The first-order chi connectivity index (χ1) is 9.67. The Labute approximate surface area is 122 Å². The molecule has 1 unspecified atom stereocenters. The summed E-state index contributed by atoms with van der Waals surface area (Å²) in [5.74, 6) is 0.183. The lowest BCUT2D eigenvalue weighted by Crippen LogP contribution is -2.39. The number of benzene rings is 1. The third-order valence-electron chi connectivity index (χ3n) is 4.20. The fraction of sp³-hybridized carbons (Fsp3) is 0.588. The number of nitrogens with one attached hydrogen (secondary N) is 1. The molecule has 1 aromatic rings. The van der Waals surface area contributed by atoms with Gasteiger partial charge in [0.05, 0.1) is 0 Å². The van der Waals surface area contributed by atoms with E-state index in [1.54, 1.807) is 0 Å². The van der Waals surface area contributed by atoms with E-state index in [4.69, 9.17) is 0 Å². The van der Waals surface area contributed by atoms with Crippen molar-refractivity contribution in [3.8, 4) is 0 Å². The van der Waals surface area contributed by atoms with Gasteiger partial charge in [-0.05, 0) is 49.9 Å². The summed E-state index contributed by atoms with van der Waals surface area (Å²) in [5.41, 5.74) is 3.30. The predicted molar refractivity (Wildman–Crippen MR) is 84.3 cm³/mol. The van der Waals surface area contributed by atoms with Gasteiger partial charge in [-0.25, -0.2) is 0 Å². The van der Waals surface area contributed by atoms with E-state index in [2.05, 4.69) is 32.2 Å². The Kier molecular flexibility index (Phi) is 5.05. The minimum atomic E-state index is 0.183. The molecule has 2 rings (SSSR count). The van der Waals surface area contributed by atoms with Crippen LogP contribution in [0.15, 0.2) is 18.2 Å². The fourth-order valence-corrected chi connectivity index (χ4v) is 2.67. The Hall–Kier alpha value is -1.51. The van der Waals surface area contributed by atoms with E-state index in [0.29, 0.717) is 6.04 Å². The van der Waals surface area contributed by atoms with Gasteiger partial charge in [0.15, 0.2) is 0 Å². The molecular formula is C17H26N2O. The number of rotatable bonds is 6. The smallest absolute Gasteiger partial charge is 0.254 e. The molecule has 1 aromatic carbocycles. The van der Waals surface area contributed by atoms with Gasteiger partial charge in [0, 0.05) is 30.4 Å². The van der Waals surface area contributed by atoms with Gasteiger partial charge in [-0.1, -0.05) is 20.3 Å². The van der Waals surface area contributed by atoms with Crippen molar-refractivity contribution >= 4 is 11.6 Å². The summed E-state index contributed by atoms with van der Waals surface area (Å²) in [5, 5.41) is 3.34. The van der Waals surface area contributed by atoms with Crippen molar-refractivity contribution in [1.82, 2.24) is 4.90 Å². The minimum Gasteiger partial charge on any atom is -0.384 e. The van der Waals surface area contributed by atoms with Gasteiger partial charge < -0.3 is 10.2 Å². The number of carbonyl (C=O) groups is 1. The number of fused-ring (bicyclic) bond motifs is 1. The Bertz CT molecular complexity index is 470. The van der Waals surface area contributed by atoms with Crippen molar-refractivity contribution in [3.05, 3.63) is 29.3 Å². The van der Waals surface area contributed by atoms with E-state index in [9.17, 15) is 4.79 Å². The molecule has 0 aliphatic carbocycles. The van der Waals surface area contributed by atoms with Crippen LogP contribution in [0.2, 0.25) is 0 Å². The van der Waals surface area contributed by atoms with Crippen LogP contribution in [0.4, 0.5) is 5.69 Å². The zero-order valence-corrected chi connectivity index (χ0v) is 12.9. The number of anilines is 1. The number of nitrogens with zero attached hydrogens (tertiary/aromatic N) is 1. The number of carbonyl (C=O) groups excluding carboxylic acids is 1. The van der Waals surface area contributed by atoms with Crippen LogP contribution in [-0.4, -0.2) is 29.9 Å². The number of hydrogen-bond donors (Lipinski definition) is 1. The van der Waals surface area contributed by atoms with E-state index < -0.39 is 0 Å². The molecule has 110 valence electrons. The van der Waals surface area contributed by atoms with Crippen LogP contribution in [0.5, 0.6) is 0 Å². The lowest BCUT2D eigenvalue weighted by molar-refractivity contribution is 0.0685. The second kappa shape index (κ2) is 6.78. The minimum absolute atomic E-state index is 0.183. The lowest BCUT2D eigenvalue weighted by Gasteiger charge is -2.29. The molecule has 1 aliphatic rings. The van der Waals surface area contributed by atoms with Crippen LogP contribution < -0.4 is 5.32 Å². The van der Waals surface area contributed by atoms with Gasteiger partial charge in [0.25, 0.3) is 5.91 Å². The van der Waals surface area contributed by atoms with Gasteiger partial charge >= 0.3 is 0 Å². The Morgan fingerprint density at radius 3 is 2.90 bits per heavy atom. The van der Waals surface area contributed by atoms with E-state index in [1.807, 2.05) is 17.0 Å². The Morgan fingerprint density at radius 1 is 1.40 bits per heavy atom. The quantitative estimate of drug-likeness (QED) is 0.858. The number of amides is 1. The molecule has 3 heteroatoms. The summed E-state index contributed by atoms with van der Waals surface area (Å²) in [6, 6.07) is 6.38. The molecule has 1 N–H and O–H groups in total. The molecule has 0 bridgehead atoms. The van der Waals surface area contributed by atoms with Crippen LogP contribution >= 0.6 is 0 Å². The van der Waals surface area contributed by atoms with Gasteiger partial charge in [-0.15, -0.1) is 0 Å². The zero-order chi connectivity index (χ0) is 14.5.